The Hall–Kier alpha value is -3.65. The molecule has 3 aromatic carbocycles. The summed E-state index contributed by atoms with van der Waals surface area (Å²) in [5.41, 5.74) is 4.00. The molecular weight excluding hydrogens is 546 g/mol. The quantitative estimate of drug-likeness (QED) is 0.294. The molecule has 0 aliphatic heterocycles. The van der Waals surface area contributed by atoms with Gasteiger partial charge in [-0.3, -0.25) is 13.9 Å². The number of nitrogens with zero attached hydrogens (tertiary/aromatic N) is 2. The summed E-state index contributed by atoms with van der Waals surface area (Å²) in [6.07, 6.45) is 5.61. The van der Waals surface area contributed by atoms with Gasteiger partial charge in [-0.25, -0.2) is 8.42 Å². The number of carbonyl (C=O) groups excluding carboxylic acids is 2. The summed E-state index contributed by atoms with van der Waals surface area (Å²) >= 11 is 0. The molecular formula is C34H43N3O4S. The Morgan fingerprint density at radius 1 is 0.857 bits per heavy atom. The van der Waals surface area contributed by atoms with Gasteiger partial charge in [0, 0.05) is 12.6 Å². The highest BCUT2D eigenvalue weighted by Gasteiger charge is 2.34. The summed E-state index contributed by atoms with van der Waals surface area (Å²) in [5, 5.41) is 3.19. The summed E-state index contributed by atoms with van der Waals surface area (Å²) < 4.78 is 29.4. The van der Waals surface area contributed by atoms with Crippen molar-refractivity contribution >= 4 is 27.5 Å². The van der Waals surface area contributed by atoms with E-state index in [1.807, 2.05) is 64.1 Å². The lowest BCUT2D eigenvalue weighted by atomic mass is 9.95. The van der Waals surface area contributed by atoms with E-state index in [4.69, 9.17) is 0 Å². The molecule has 1 N–H and O–H groups in total. The standard InChI is InChI=1S/C34H43N3O4S/c1-5-32(34(39)35-29-14-10-7-11-15-29)36(23-28-12-8-6-9-13-28)33(38)24-37(30-21-26(3)20-27(4)22-30)42(40,41)31-18-16-25(2)17-19-31/h6,8-9,12-13,16-22,29,32H,5,7,10-11,14-15,23-24H2,1-4H3,(H,35,39)/t32-/m0/s1. The van der Waals surface area contributed by atoms with Crippen molar-refractivity contribution in [1.29, 1.82) is 0 Å². The first kappa shape index (κ1) is 31.3. The molecule has 4 rings (SSSR count). The number of hydrogen-bond acceptors (Lipinski definition) is 4. The fraction of sp³-hybridized carbons (Fsp3) is 0.412. The molecule has 0 heterocycles. The van der Waals surface area contributed by atoms with Crippen molar-refractivity contribution in [2.24, 2.45) is 0 Å². The van der Waals surface area contributed by atoms with E-state index in [1.165, 1.54) is 10.7 Å². The fourth-order valence-electron chi connectivity index (χ4n) is 5.70. The first-order valence-electron chi connectivity index (χ1n) is 14.9. The van der Waals surface area contributed by atoms with E-state index < -0.39 is 28.5 Å². The number of rotatable bonds is 11. The van der Waals surface area contributed by atoms with E-state index >= 15 is 0 Å². The molecule has 1 fully saturated rings. The third-order valence-corrected chi connectivity index (χ3v) is 9.70. The predicted octanol–water partition coefficient (Wildman–Crippen LogP) is 6.06. The maximum absolute atomic E-state index is 14.3. The van der Waals surface area contributed by atoms with Crippen LogP contribution in [0.5, 0.6) is 0 Å². The first-order valence-corrected chi connectivity index (χ1v) is 16.3. The van der Waals surface area contributed by atoms with Gasteiger partial charge in [-0.2, -0.15) is 0 Å². The second-order valence-electron chi connectivity index (χ2n) is 11.4. The maximum atomic E-state index is 14.3. The number of anilines is 1. The average Bonchev–Trinajstić information content (AvgIpc) is 2.96. The molecule has 1 saturated carbocycles. The summed E-state index contributed by atoms with van der Waals surface area (Å²) in [7, 11) is -4.10. The lowest BCUT2D eigenvalue weighted by molar-refractivity contribution is -0.140. The van der Waals surface area contributed by atoms with Crippen molar-refractivity contribution in [1.82, 2.24) is 10.2 Å². The second kappa shape index (κ2) is 14.0. The molecule has 3 aromatic rings. The molecule has 0 saturated heterocycles. The monoisotopic (exact) mass is 589 g/mol. The minimum atomic E-state index is -4.10. The number of amides is 2. The molecule has 1 aliphatic carbocycles. The minimum absolute atomic E-state index is 0.0997. The van der Waals surface area contributed by atoms with Crippen LogP contribution in [0.25, 0.3) is 0 Å². The van der Waals surface area contributed by atoms with Gasteiger partial charge in [-0.1, -0.05) is 80.3 Å². The molecule has 224 valence electrons. The summed E-state index contributed by atoms with van der Waals surface area (Å²) in [6, 6.07) is 21.0. The van der Waals surface area contributed by atoms with Crippen LogP contribution in [-0.4, -0.2) is 43.8 Å². The van der Waals surface area contributed by atoms with Crippen LogP contribution in [0.15, 0.2) is 77.7 Å². The normalized spacial score (nSPS) is 14.7. The van der Waals surface area contributed by atoms with Crippen molar-refractivity contribution in [2.45, 2.75) is 89.7 Å². The van der Waals surface area contributed by atoms with Gasteiger partial charge in [0.2, 0.25) is 11.8 Å². The van der Waals surface area contributed by atoms with Gasteiger partial charge >= 0.3 is 0 Å². The Balaban J connectivity index is 1.71. The minimum Gasteiger partial charge on any atom is -0.352 e. The molecule has 0 radical (unpaired) electrons. The van der Waals surface area contributed by atoms with Gasteiger partial charge in [0.05, 0.1) is 10.6 Å². The Morgan fingerprint density at radius 2 is 1.48 bits per heavy atom. The summed E-state index contributed by atoms with van der Waals surface area (Å²) in [5.74, 6) is -0.618. The van der Waals surface area contributed by atoms with Crippen LogP contribution in [0.1, 0.15) is 67.7 Å². The van der Waals surface area contributed by atoms with E-state index in [1.54, 1.807) is 41.3 Å². The Kier molecular flexibility index (Phi) is 10.4. The van der Waals surface area contributed by atoms with E-state index in [0.29, 0.717) is 12.1 Å². The third kappa shape index (κ3) is 7.79. The molecule has 2 amide bonds. The van der Waals surface area contributed by atoms with Crippen molar-refractivity contribution < 1.29 is 18.0 Å². The zero-order valence-corrected chi connectivity index (χ0v) is 26.0. The molecule has 42 heavy (non-hydrogen) atoms. The van der Waals surface area contributed by atoms with E-state index in [0.717, 1.165) is 47.9 Å². The van der Waals surface area contributed by atoms with Crippen LogP contribution in [0.3, 0.4) is 0 Å². The smallest absolute Gasteiger partial charge is 0.264 e. The van der Waals surface area contributed by atoms with Crippen molar-refractivity contribution in [3.63, 3.8) is 0 Å². The third-order valence-electron chi connectivity index (χ3n) is 7.92. The van der Waals surface area contributed by atoms with Crippen LogP contribution in [-0.2, 0) is 26.2 Å². The van der Waals surface area contributed by atoms with Gasteiger partial charge in [0.15, 0.2) is 0 Å². The molecule has 0 unspecified atom stereocenters. The maximum Gasteiger partial charge on any atom is 0.264 e. The van der Waals surface area contributed by atoms with Gasteiger partial charge in [-0.15, -0.1) is 0 Å². The molecule has 0 spiro atoms. The van der Waals surface area contributed by atoms with Crippen molar-refractivity contribution in [3.05, 3.63) is 95.1 Å². The molecule has 0 aromatic heterocycles. The zero-order valence-electron chi connectivity index (χ0n) is 25.2. The van der Waals surface area contributed by atoms with Crippen molar-refractivity contribution in [3.8, 4) is 0 Å². The topological polar surface area (TPSA) is 86.8 Å². The second-order valence-corrected chi connectivity index (χ2v) is 13.3. The van der Waals surface area contributed by atoms with Crippen LogP contribution < -0.4 is 9.62 Å². The largest absolute Gasteiger partial charge is 0.352 e. The fourth-order valence-corrected chi connectivity index (χ4v) is 7.10. The summed E-state index contributed by atoms with van der Waals surface area (Å²) in [6.45, 7) is 7.35. The predicted molar refractivity (Wildman–Crippen MR) is 168 cm³/mol. The van der Waals surface area contributed by atoms with Gasteiger partial charge in [0.1, 0.15) is 12.6 Å². The van der Waals surface area contributed by atoms with Gasteiger partial charge in [-0.05, 0) is 81.0 Å². The summed E-state index contributed by atoms with van der Waals surface area (Å²) in [4.78, 5) is 29.6. The number of carbonyl (C=O) groups is 2. The lowest BCUT2D eigenvalue weighted by Gasteiger charge is -2.34. The van der Waals surface area contributed by atoms with Crippen LogP contribution in [0, 0.1) is 20.8 Å². The highest BCUT2D eigenvalue weighted by atomic mass is 32.2. The number of benzene rings is 3. The van der Waals surface area contributed by atoms with Crippen LogP contribution in [0.4, 0.5) is 5.69 Å². The molecule has 1 atom stereocenters. The van der Waals surface area contributed by atoms with E-state index in [-0.39, 0.29) is 23.4 Å². The number of sulfonamides is 1. The number of hydrogen-bond donors (Lipinski definition) is 1. The van der Waals surface area contributed by atoms with Gasteiger partial charge < -0.3 is 10.2 Å². The van der Waals surface area contributed by atoms with Crippen LogP contribution >= 0.6 is 0 Å². The number of nitrogens with one attached hydrogen (secondary N) is 1. The van der Waals surface area contributed by atoms with Crippen LogP contribution in [0.2, 0.25) is 0 Å². The van der Waals surface area contributed by atoms with E-state index in [2.05, 4.69) is 5.32 Å². The zero-order chi connectivity index (χ0) is 30.3. The molecule has 1 aliphatic rings. The average molecular weight is 590 g/mol. The molecule has 0 bridgehead atoms. The Morgan fingerprint density at radius 3 is 2.07 bits per heavy atom. The Bertz CT molecular complexity index is 1450. The van der Waals surface area contributed by atoms with E-state index in [9.17, 15) is 18.0 Å². The Labute approximate surface area is 251 Å². The highest BCUT2D eigenvalue weighted by molar-refractivity contribution is 7.92. The van der Waals surface area contributed by atoms with Gasteiger partial charge in [0.25, 0.3) is 10.0 Å². The lowest BCUT2D eigenvalue weighted by Crippen LogP contribution is -2.54. The highest BCUT2D eigenvalue weighted by Crippen LogP contribution is 2.27. The molecule has 8 heteroatoms. The SMILES string of the molecule is CC[C@@H](C(=O)NC1CCCCC1)N(Cc1ccccc1)C(=O)CN(c1cc(C)cc(C)c1)S(=O)(=O)c1ccc(C)cc1. The first-order chi connectivity index (χ1) is 20.1. The van der Waals surface area contributed by atoms with Crippen molar-refractivity contribution in [2.75, 3.05) is 10.8 Å². The number of aryl methyl sites for hydroxylation is 3. The molecule has 7 nitrogen and oxygen atoms in total.